The van der Waals surface area contributed by atoms with E-state index in [-0.39, 0.29) is 0 Å². The topological polar surface area (TPSA) is 56.9 Å². The highest BCUT2D eigenvalue weighted by atomic mass is 16.6. The summed E-state index contributed by atoms with van der Waals surface area (Å²) in [6, 6.07) is 15.8. The third kappa shape index (κ3) is 3.88. The van der Waals surface area contributed by atoms with Gasteiger partial charge in [0, 0.05) is 11.6 Å². The van der Waals surface area contributed by atoms with Gasteiger partial charge < -0.3 is 14.1 Å². The molecule has 0 aliphatic carbocycles. The summed E-state index contributed by atoms with van der Waals surface area (Å²) in [6.45, 7) is 4.50. The largest absolute Gasteiger partial charge is 0.489 e. The highest BCUT2D eigenvalue weighted by molar-refractivity contribution is 6.11. The molecule has 0 spiro atoms. The van der Waals surface area contributed by atoms with Gasteiger partial charge in [-0.3, -0.25) is 0 Å². The zero-order valence-corrected chi connectivity index (χ0v) is 14.5. The van der Waals surface area contributed by atoms with Gasteiger partial charge in [0.15, 0.2) is 11.5 Å². The molecule has 1 aromatic heterocycles. The summed E-state index contributed by atoms with van der Waals surface area (Å²) in [5.74, 6) is 1.42. The van der Waals surface area contributed by atoms with Crippen LogP contribution >= 0.6 is 0 Å². The first kappa shape index (κ1) is 16.8. The number of hydrogen-bond donors (Lipinski definition) is 0. The molecule has 2 aromatic carbocycles. The molecule has 1 heterocycles. The smallest absolute Gasteiger partial charge is 0.189 e. The van der Waals surface area contributed by atoms with Crippen LogP contribution in [0.4, 0.5) is 0 Å². The monoisotopic (exact) mass is 336 g/mol. The zero-order valence-electron chi connectivity index (χ0n) is 14.5. The van der Waals surface area contributed by atoms with E-state index in [1.54, 1.807) is 12.3 Å². The second-order valence-corrected chi connectivity index (χ2v) is 5.71. The molecule has 0 aliphatic heterocycles. The van der Waals surface area contributed by atoms with E-state index in [1.165, 1.54) is 7.11 Å². The Morgan fingerprint density at radius 2 is 1.96 bits per heavy atom. The van der Waals surface area contributed by atoms with Crippen molar-refractivity contribution in [3.05, 3.63) is 82.7 Å². The molecule has 0 saturated carbocycles. The van der Waals surface area contributed by atoms with E-state index in [0.29, 0.717) is 18.1 Å². The molecule has 0 N–H and O–H groups in total. The van der Waals surface area contributed by atoms with Crippen LogP contribution in [0.2, 0.25) is 0 Å². The van der Waals surface area contributed by atoms with E-state index in [9.17, 15) is 0 Å². The minimum atomic E-state index is 0.414. The molecular weight excluding hydrogens is 316 g/mol. The molecule has 0 fully saturated rings. The Kier molecular flexibility index (Phi) is 5.14. The second-order valence-electron chi connectivity index (χ2n) is 5.71. The predicted octanol–water partition coefficient (Wildman–Crippen LogP) is 4.27. The molecular formula is C20H20N2O3. The Morgan fingerprint density at radius 1 is 1.12 bits per heavy atom. The Hall–Kier alpha value is -3.08. The summed E-state index contributed by atoms with van der Waals surface area (Å²) >= 11 is 0. The van der Waals surface area contributed by atoms with E-state index in [1.807, 2.05) is 44.2 Å². The molecule has 5 nitrogen and oxygen atoms in total. The van der Waals surface area contributed by atoms with E-state index in [2.05, 4.69) is 22.4 Å². The molecule has 3 aromatic rings. The lowest BCUT2D eigenvalue weighted by Gasteiger charge is -2.13. The summed E-state index contributed by atoms with van der Waals surface area (Å²) in [7, 11) is 1.51. The Bertz CT molecular complexity index is 870. The summed E-state index contributed by atoms with van der Waals surface area (Å²) in [5, 5.41) is 7.86. The van der Waals surface area contributed by atoms with E-state index in [4.69, 9.17) is 14.1 Å². The second kappa shape index (κ2) is 7.66. The predicted molar refractivity (Wildman–Crippen MR) is 95.8 cm³/mol. The molecule has 0 radical (unpaired) electrons. The summed E-state index contributed by atoms with van der Waals surface area (Å²) in [6.07, 6.45) is 1.58. The van der Waals surface area contributed by atoms with Gasteiger partial charge in [-0.1, -0.05) is 46.7 Å². The van der Waals surface area contributed by atoms with Crippen molar-refractivity contribution in [2.45, 2.75) is 20.5 Å². The van der Waals surface area contributed by atoms with Gasteiger partial charge in [0.1, 0.15) is 19.5 Å². The molecule has 0 unspecified atom stereocenters. The van der Waals surface area contributed by atoms with Gasteiger partial charge in [-0.2, -0.15) is 0 Å². The highest BCUT2D eigenvalue weighted by Gasteiger charge is 2.16. The van der Waals surface area contributed by atoms with Crippen molar-refractivity contribution in [3.8, 4) is 5.75 Å². The molecule has 25 heavy (non-hydrogen) atoms. The number of ether oxygens (including phenoxy) is 1. The number of nitrogens with zero attached hydrogens (tertiary/aromatic N) is 2. The molecule has 5 heteroatoms. The number of benzene rings is 2. The van der Waals surface area contributed by atoms with Gasteiger partial charge in [0.25, 0.3) is 0 Å². The first-order chi connectivity index (χ1) is 12.2. The lowest BCUT2D eigenvalue weighted by molar-refractivity contribution is 0.213. The number of aryl methyl sites for hydroxylation is 2. The minimum absolute atomic E-state index is 0.414. The molecule has 0 aliphatic rings. The number of aromatic nitrogens is 1. The first-order valence-electron chi connectivity index (χ1n) is 7.99. The summed E-state index contributed by atoms with van der Waals surface area (Å²) in [4.78, 5) is 4.99. The van der Waals surface area contributed by atoms with Crippen molar-refractivity contribution in [1.82, 2.24) is 5.16 Å². The van der Waals surface area contributed by atoms with Crippen LogP contribution in [0.1, 0.15) is 28.0 Å². The van der Waals surface area contributed by atoms with Crippen molar-refractivity contribution in [2.24, 2.45) is 5.16 Å². The van der Waals surface area contributed by atoms with Crippen LogP contribution in [0.3, 0.4) is 0 Å². The van der Waals surface area contributed by atoms with E-state index in [0.717, 1.165) is 28.0 Å². The van der Waals surface area contributed by atoms with Gasteiger partial charge in [0.05, 0.1) is 6.20 Å². The molecule has 0 amide bonds. The fraction of sp³-hybridized carbons (Fsp3) is 0.200. The summed E-state index contributed by atoms with van der Waals surface area (Å²) < 4.78 is 11.3. The highest BCUT2D eigenvalue weighted by Crippen LogP contribution is 2.22. The van der Waals surface area contributed by atoms with Gasteiger partial charge in [-0.15, -0.1) is 0 Å². The third-order valence-electron chi connectivity index (χ3n) is 3.85. The fourth-order valence-electron chi connectivity index (χ4n) is 2.55. The zero-order chi connectivity index (χ0) is 17.6. The maximum absolute atomic E-state index is 6.05. The molecule has 0 saturated heterocycles. The van der Waals surface area contributed by atoms with Crippen LogP contribution in [0, 0.1) is 13.8 Å². The van der Waals surface area contributed by atoms with Crippen molar-refractivity contribution in [2.75, 3.05) is 7.11 Å². The van der Waals surface area contributed by atoms with Crippen LogP contribution < -0.4 is 4.74 Å². The number of hydrogen-bond acceptors (Lipinski definition) is 5. The lowest BCUT2D eigenvalue weighted by Crippen LogP contribution is -2.09. The fourth-order valence-corrected chi connectivity index (χ4v) is 2.55. The van der Waals surface area contributed by atoms with Crippen LogP contribution in [-0.2, 0) is 11.4 Å². The number of oxime groups is 1. The van der Waals surface area contributed by atoms with Gasteiger partial charge in [-0.05, 0) is 36.6 Å². The average molecular weight is 336 g/mol. The molecule has 0 bridgehead atoms. The molecule has 0 atom stereocenters. The Balaban J connectivity index is 1.90. The van der Waals surface area contributed by atoms with E-state index >= 15 is 0 Å². The molecule has 128 valence electrons. The van der Waals surface area contributed by atoms with Gasteiger partial charge in [-0.25, -0.2) is 0 Å². The van der Waals surface area contributed by atoms with Gasteiger partial charge in [0.2, 0.25) is 0 Å². The minimum Gasteiger partial charge on any atom is -0.489 e. The van der Waals surface area contributed by atoms with Crippen molar-refractivity contribution >= 4 is 5.71 Å². The number of rotatable bonds is 6. The Labute approximate surface area is 146 Å². The lowest BCUT2D eigenvalue weighted by atomic mass is 10.0. The first-order valence-corrected chi connectivity index (χ1v) is 7.99. The molecule has 3 rings (SSSR count). The quantitative estimate of drug-likeness (QED) is 0.498. The van der Waals surface area contributed by atoms with Crippen LogP contribution in [-0.4, -0.2) is 18.0 Å². The van der Waals surface area contributed by atoms with Crippen molar-refractivity contribution in [1.29, 1.82) is 0 Å². The van der Waals surface area contributed by atoms with Crippen LogP contribution in [0.25, 0.3) is 0 Å². The maximum Gasteiger partial charge on any atom is 0.189 e. The summed E-state index contributed by atoms with van der Waals surface area (Å²) in [5.41, 5.74) is 4.71. The van der Waals surface area contributed by atoms with E-state index < -0.39 is 0 Å². The normalized spacial score (nSPS) is 11.4. The SMILES string of the molecule is CO/N=C(/c1ccno1)c1ccccc1COc1cc(C)ccc1C. The van der Waals surface area contributed by atoms with Crippen LogP contribution in [0.5, 0.6) is 5.75 Å². The maximum atomic E-state index is 6.05. The Morgan fingerprint density at radius 3 is 2.72 bits per heavy atom. The third-order valence-corrected chi connectivity index (χ3v) is 3.85. The van der Waals surface area contributed by atoms with Gasteiger partial charge >= 0.3 is 0 Å². The average Bonchev–Trinajstić information content (AvgIpc) is 3.15. The van der Waals surface area contributed by atoms with Crippen molar-refractivity contribution in [3.63, 3.8) is 0 Å². The van der Waals surface area contributed by atoms with Crippen molar-refractivity contribution < 1.29 is 14.1 Å². The van der Waals surface area contributed by atoms with Crippen LogP contribution in [0.15, 0.2) is 64.4 Å². The standard InChI is InChI=1S/C20H20N2O3/c1-14-8-9-15(2)19(12-14)24-13-16-6-4-5-7-17(16)20(22-23-3)18-10-11-21-25-18/h4-12H,13H2,1-3H3/b22-20+.